The van der Waals surface area contributed by atoms with E-state index in [4.69, 9.17) is 9.15 Å². The number of nitrogens with one attached hydrogen (secondary N) is 1. The molecule has 1 aliphatic heterocycles. The van der Waals surface area contributed by atoms with Crippen LogP contribution in [0.5, 0.6) is 0 Å². The first-order valence-electron chi connectivity index (χ1n) is 7.48. The summed E-state index contributed by atoms with van der Waals surface area (Å²) < 4.78 is 11.9. The molecule has 1 fully saturated rings. The van der Waals surface area contributed by atoms with Gasteiger partial charge in [0.15, 0.2) is 0 Å². The number of rotatable bonds is 3. The summed E-state index contributed by atoms with van der Waals surface area (Å²) in [7, 11) is 0. The second-order valence-electron chi connectivity index (χ2n) is 8.06. The molecule has 0 amide bonds. The van der Waals surface area contributed by atoms with Crippen LogP contribution < -0.4 is 10.2 Å². The Morgan fingerprint density at radius 1 is 1.10 bits per heavy atom. The van der Waals surface area contributed by atoms with E-state index >= 15 is 0 Å². The fourth-order valence-electron chi connectivity index (χ4n) is 2.71. The standard InChI is InChI=1S/C15H28N4O2/c1-13(2,3)16-8-11-17-18-12(20-11)19-9-14(4,5)21-15(6,7)10-19/h16H,8-10H2,1-7H3. The van der Waals surface area contributed by atoms with Crippen LogP contribution in [0.2, 0.25) is 0 Å². The Bertz CT molecular complexity index is 472. The molecule has 0 unspecified atom stereocenters. The molecule has 21 heavy (non-hydrogen) atoms. The van der Waals surface area contributed by atoms with E-state index in [2.05, 4.69) is 68.9 Å². The van der Waals surface area contributed by atoms with Crippen molar-refractivity contribution in [3.05, 3.63) is 5.89 Å². The highest BCUT2D eigenvalue weighted by Crippen LogP contribution is 2.30. The summed E-state index contributed by atoms with van der Waals surface area (Å²) in [5.41, 5.74) is -0.447. The first-order chi connectivity index (χ1) is 9.46. The fourth-order valence-corrected chi connectivity index (χ4v) is 2.71. The minimum atomic E-state index is -0.236. The van der Waals surface area contributed by atoms with Gasteiger partial charge < -0.3 is 19.4 Å². The third-order valence-electron chi connectivity index (χ3n) is 3.19. The van der Waals surface area contributed by atoms with Gasteiger partial charge in [0.25, 0.3) is 0 Å². The zero-order valence-electron chi connectivity index (χ0n) is 14.3. The van der Waals surface area contributed by atoms with Gasteiger partial charge in [0.1, 0.15) is 0 Å². The molecule has 0 aromatic carbocycles. The van der Waals surface area contributed by atoms with Gasteiger partial charge in [-0.1, -0.05) is 5.10 Å². The molecule has 0 aliphatic carbocycles. The van der Waals surface area contributed by atoms with Gasteiger partial charge in [-0.2, -0.15) is 0 Å². The lowest BCUT2D eigenvalue weighted by atomic mass is 9.99. The highest BCUT2D eigenvalue weighted by Gasteiger charge is 2.39. The minimum absolute atomic E-state index is 0.0254. The summed E-state index contributed by atoms with van der Waals surface area (Å²) in [4.78, 5) is 2.11. The number of ether oxygens (including phenoxy) is 1. The Morgan fingerprint density at radius 3 is 2.19 bits per heavy atom. The van der Waals surface area contributed by atoms with Gasteiger partial charge in [-0.15, -0.1) is 5.10 Å². The maximum absolute atomic E-state index is 6.07. The molecule has 1 aromatic rings. The van der Waals surface area contributed by atoms with Crippen LogP contribution in [0.1, 0.15) is 54.4 Å². The van der Waals surface area contributed by atoms with Crippen LogP contribution in [0.25, 0.3) is 0 Å². The van der Waals surface area contributed by atoms with Gasteiger partial charge >= 0.3 is 6.01 Å². The highest BCUT2D eigenvalue weighted by molar-refractivity contribution is 5.28. The Hall–Kier alpha value is -1.14. The molecule has 0 radical (unpaired) electrons. The van der Waals surface area contributed by atoms with E-state index in [9.17, 15) is 0 Å². The molecule has 1 N–H and O–H groups in total. The summed E-state index contributed by atoms with van der Waals surface area (Å²) in [6, 6.07) is 0.574. The molecule has 120 valence electrons. The second kappa shape index (κ2) is 5.25. The third-order valence-corrected chi connectivity index (χ3v) is 3.19. The predicted octanol–water partition coefficient (Wildman–Crippen LogP) is 2.35. The topological polar surface area (TPSA) is 63.4 Å². The molecular weight excluding hydrogens is 268 g/mol. The van der Waals surface area contributed by atoms with Crippen molar-refractivity contribution in [1.29, 1.82) is 0 Å². The van der Waals surface area contributed by atoms with Crippen LogP contribution in [0.4, 0.5) is 6.01 Å². The maximum Gasteiger partial charge on any atom is 0.318 e. The Morgan fingerprint density at radius 2 is 1.67 bits per heavy atom. The summed E-state index contributed by atoms with van der Waals surface area (Å²) in [6.45, 7) is 16.7. The van der Waals surface area contributed by atoms with Crippen LogP contribution in [-0.2, 0) is 11.3 Å². The van der Waals surface area contributed by atoms with Crippen molar-refractivity contribution in [3.8, 4) is 0 Å². The predicted molar refractivity (Wildman–Crippen MR) is 82.3 cm³/mol. The third kappa shape index (κ3) is 4.68. The highest BCUT2D eigenvalue weighted by atomic mass is 16.5. The molecule has 1 saturated heterocycles. The van der Waals surface area contributed by atoms with Crippen LogP contribution >= 0.6 is 0 Å². The van der Waals surface area contributed by atoms with Crippen LogP contribution in [0.3, 0.4) is 0 Å². The molecule has 0 bridgehead atoms. The van der Waals surface area contributed by atoms with E-state index in [-0.39, 0.29) is 16.7 Å². The van der Waals surface area contributed by atoms with Crippen molar-refractivity contribution in [1.82, 2.24) is 15.5 Å². The summed E-state index contributed by atoms with van der Waals surface area (Å²) in [5.74, 6) is 0.613. The lowest BCUT2D eigenvalue weighted by Gasteiger charge is -2.46. The van der Waals surface area contributed by atoms with E-state index in [0.717, 1.165) is 13.1 Å². The van der Waals surface area contributed by atoms with E-state index in [1.165, 1.54) is 0 Å². The van der Waals surface area contributed by atoms with E-state index < -0.39 is 0 Å². The number of anilines is 1. The minimum Gasteiger partial charge on any atom is -0.407 e. The van der Waals surface area contributed by atoms with E-state index in [1.54, 1.807) is 0 Å². The van der Waals surface area contributed by atoms with Gasteiger partial charge in [0.05, 0.1) is 30.8 Å². The molecule has 1 aliphatic rings. The molecular formula is C15H28N4O2. The Balaban J connectivity index is 2.07. The average molecular weight is 296 g/mol. The monoisotopic (exact) mass is 296 g/mol. The van der Waals surface area contributed by atoms with Gasteiger partial charge in [-0.3, -0.25) is 0 Å². The van der Waals surface area contributed by atoms with Crippen molar-refractivity contribution >= 4 is 6.01 Å². The molecule has 0 saturated carbocycles. The van der Waals surface area contributed by atoms with Crippen LogP contribution in [0.15, 0.2) is 4.42 Å². The fraction of sp³-hybridized carbons (Fsp3) is 0.867. The Kier molecular flexibility index (Phi) is 4.06. The zero-order valence-corrected chi connectivity index (χ0v) is 14.3. The lowest BCUT2D eigenvalue weighted by molar-refractivity contribution is -0.134. The average Bonchev–Trinajstić information content (AvgIpc) is 2.69. The molecule has 2 heterocycles. The van der Waals surface area contributed by atoms with E-state index in [1.807, 2.05) is 0 Å². The van der Waals surface area contributed by atoms with Crippen LogP contribution in [0, 0.1) is 0 Å². The molecule has 0 atom stereocenters. The number of morpholine rings is 1. The zero-order chi connectivity index (χ0) is 15.9. The maximum atomic E-state index is 6.07. The Labute approximate surface area is 127 Å². The molecule has 0 spiro atoms. The largest absolute Gasteiger partial charge is 0.407 e. The quantitative estimate of drug-likeness (QED) is 0.924. The van der Waals surface area contributed by atoms with Gasteiger partial charge in [0, 0.05) is 5.54 Å². The smallest absolute Gasteiger partial charge is 0.318 e. The van der Waals surface area contributed by atoms with Crippen molar-refractivity contribution in [3.63, 3.8) is 0 Å². The molecule has 6 nitrogen and oxygen atoms in total. The molecule has 6 heteroatoms. The number of hydrogen-bond acceptors (Lipinski definition) is 6. The van der Waals surface area contributed by atoms with Gasteiger partial charge in [-0.05, 0) is 48.5 Å². The second-order valence-corrected chi connectivity index (χ2v) is 8.06. The SMILES string of the molecule is CC(C)(C)NCc1nnc(N2CC(C)(C)OC(C)(C)C2)o1. The number of nitrogens with zero attached hydrogens (tertiary/aromatic N) is 3. The summed E-state index contributed by atoms with van der Waals surface area (Å²) >= 11 is 0. The lowest BCUT2D eigenvalue weighted by Crippen LogP contribution is -2.57. The summed E-state index contributed by atoms with van der Waals surface area (Å²) in [6.07, 6.45) is 0. The van der Waals surface area contributed by atoms with Gasteiger partial charge in [-0.25, -0.2) is 0 Å². The number of aromatic nitrogens is 2. The first-order valence-corrected chi connectivity index (χ1v) is 7.48. The van der Waals surface area contributed by atoms with E-state index in [0.29, 0.717) is 18.5 Å². The molecule has 2 rings (SSSR count). The summed E-state index contributed by atoms with van der Waals surface area (Å²) in [5, 5.41) is 11.7. The molecule has 1 aromatic heterocycles. The number of hydrogen-bond donors (Lipinski definition) is 1. The van der Waals surface area contributed by atoms with Crippen molar-refractivity contribution < 1.29 is 9.15 Å². The normalized spacial score (nSPS) is 21.6. The van der Waals surface area contributed by atoms with Crippen molar-refractivity contribution in [2.45, 2.75) is 71.8 Å². The van der Waals surface area contributed by atoms with Crippen molar-refractivity contribution in [2.75, 3.05) is 18.0 Å². The van der Waals surface area contributed by atoms with Gasteiger partial charge in [0.2, 0.25) is 5.89 Å². The van der Waals surface area contributed by atoms with Crippen molar-refractivity contribution in [2.24, 2.45) is 0 Å². The first kappa shape index (κ1) is 16.2. The van der Waals surface area contributed by atoms with Crippen LogP contribution in [-0.4, -0.2) is 40.0 Å².